The van der Waals surface area contributed by atoms with E-state index in [9.17, 15) is 5.11 Å². The van der Waals surface area contributed by atoms with Crippen LogP contribution in [0.4, 0.5) is 0 Å². The highest BCUT2D eigenvalue weighted by Gasteiger charge is 2.41. The van der Waals surface area contributed by atoms with Gasteiger partial charge in [0.2, 0.25) is 0 Å². The second-order valence-electron chi connectivity index (χ2n) is 5.81. The van der Waals surface area contributed by atoms with Gasteiger partial charge < -0.3 is 10.0 Å². The van der Waals surface area contributed by atoms with E-state index >= 15 is 0 Å². The fourth-order valence-electron chi connectivity index (χ4n) is 3.34. The molecule has 0 saturated heterocycles. The van der Waals surface area contributed by atoms with Crippen LogP contribution in [0.2, 0.25) is 0 Å². The molecule has 3 rings (SSSR count). The molecule has 0 saturated carbocycles. The Morgan fingerprint density at radius 2 is 2.09 bits per heavy atom. The highest BCUT2D eigenvalue weighted by atomic mass is 79.9. The SMILES string of the molecule is Br.C=CC1C=CC=CC1(C1=CCN(C)C=C1)c1ccccc1O. The zero-order valence-electron chi connectivity index (χ0n) is 13.2. The summed E-state index contributed by atoms with van der Waals surface area (Å²) in [5.74, 6) is 0.424. The van der Waals surface area contributed by atoms with Crippen LogP contribution < -0.4 is 0 Å². The first kappa shape index (κ1) is 17.4. The van der Waals surface area contributed by atoms with E-state index in [1.54, 1.807) is 6.07 Å². The Morgan fingerprint density at radius 1 is 1.30 bits per heavy atom. The van der Waals surface area contributed by atoms with Gasteiger partial charge in [0, 0.05) is 25.1 Å². The molecule has 1 N–H and O–H groups in total. The number of benzene rings is 1. The Morgan fingerprint density at radius 3 is 2.74 bits per heavy atom. The van der Waals surface area contributed by atoms with Gasteiger partial charge in [-0.1, -0.05) is 54.7 Å². The van der Waals surface area contributed by atoms with Crippen LogP contribution in [0.3, 0.4) is 0 Å². The Balaban J connectivity index is 0.00000192. The molecule has 120 valence electrons. The lowest BCUT2D eigenvalue weighted by Crippen LogP contribution is -2.36. The van der Waals surface area contributed by atoms with Crippen LogP contribution >= 0.6 is 17.0 Å². The van der Waals surface area contributed by atoms with Gasteiger partial charge in [0.25, 0.3) is 0 Å². The molecule has 2 nitrogen and oxygen atoms in total. The van der Waals surface area contributed by atoms with Gasteiger partial charge in [0.15, 0.2) is 0 Å². The number of hydrogen-bond donors (Lipinski definition) is 1. The van der Waals surface area contributed by atoms with Crippen molar-refractivity contribution in [2.24, 2.45) is 5.92 Å². The Labute approximate surface area is 148 Å². The van der Waals surface area contributed by atoms with Gasteiger partial charge in [-0.15, -0.1) is 23.6 Å². The molecule has 0 amide bonds. The number of para-hydroxylation sites is 1. The van der Waals surface area contributed by atoms with E-state index in [0.717, 1.165) is 12.1 Å². The fraction of sp³-hybridized carbons (Fsp3) is 0.200. The molecule has 1 aliphatic heterocycles. The standard InChI is InChI=1S/C20H21NO.BrH/c1-3-16-8-6-7-13-20(16,17-11-14-21(2)15-12-17)18-9-4-5-10-19(18)22;/h3-14,16,22H,1,15H2,2H3;1H. The van der Waals surface area contributed by atoms with Crippen LogP contribution in [0.5, 0.6) is 5.75 Å². The summed E-state index contributed by atoms with van der Waals surface area (Å²) in [6.07, 6.45) is 16.8. The lowest BCUT2D eigenvalue weighted by atomic mass is 9.63. The molecule has 3 heteroatoms. The van der Waals surface area contributed by atoms with Crippen molar-refractivity contribution in [3.8, 4) is 5.75 Å². The third-order valence-corrected chi connectivity index (χ3v) is 4.50. The molecule has 2 atom stereocenters. The number of nitrogens with zero attached hydrogens (tertiary/aromatic N) is 1. The monoisotopic (exact) mass is 371 g/mol. The minimum atomic E-state index is -0.403. The second-order valence-corrected chi connectivity index (χ2v) is 5.81. The highest BCUT2D eigenvalue weighted by molar-refractivity contribution is 8.93. The van der Waals surface area contributed by atoms with Gasteiger partial charge in [-0.2, -0.15) is 0 Å². The summed E-state index contributed by atoms with van der Waals surface area (Å²) < 4.78 is 0. The molecule has 0 aromatic heterocycles. The van der Waals surface area contributed by atoms with Crippen LogP contribution in [-0.2, 0) is 5.41 Å². The molecule has 0 spiro atoms. The van der Waals surface area contributed by atoms with Crippen LogP contribution in [0.15, 0.2) is 85.1 Å². The maximum absolute atomic E-state index is 10.5. The fourth-order valence-corrected chi connectivity index (χ4v) is 3.34. The number of aromatic hydroxyl groups is 1. The molecule has 1 aromatic rings. The number of phenols is 1. The van der Waals surface area contributed by atoms with Gasteiger partial charge in [-0.25, -0.2) is 0 Å². The molecule has 0 radical (unpaired) electrons. The summed E-state index contributed by atoms with van der Waals surface area (Å²) in [6, 6.07) is 7.59. The average Bonchev–Trinajstić information content (AvgIpc) is 2.56. The molecule has 23 heavy (non-hydrogen) atoms. The Kier molecular flexibility index (Phi) is 5.32. The number of rotatable bonds is 3. The van der Waals surface area contributed by atoms with Gasteiger partial charge in [0.05, 0.1) is 5.41 Å². The lowest BCUT2D eigenvalue weighted by Gasteiger charge is -2.40. The highest BCUT2D eigenvalue weighted by Crippen LogP contribution is 2.48. The van der Waals surface area contributed by atoms with Crippen molar-refractivity contribution in [1.29, 1.82) is 0 Å². The van der Waals surface area contributed by atoms with Gasteiger partial charge in [-0.05, 0) is 23.9 Å². The maximum atomic E-state index is 10.5. The summed E-state index contributed by atoms with van der Waals surface area (Å²) >= 11 is 0. The van der Waals surface area contributed by atoms with E-state index in [1.165, 1.54) is 5.57 Å². The van der Waals surface area contributed by atoms with Gasteiger partial charge in [0.1, 0.15) is 5.75 Å². The number of likely N-dealkylation sites (N-methyl/N-ethyl adjacent to an activating group) is 1. The molecule has 2 aliphatic rings. The van der Waals surface area contributed by atoms with E-state index in [1.807, 2.05) is 30.4 Å². The van der Waals surface area contributed by atoms with E-state index in [-0.39, 0.29) is 22.9 Å². The summed E-state index contributed by atoms with van der Waals surface area (Å²) in [5, 5.41) is 10.5. The second kappa shape index (κ2) is 7.05. The first-order valence-electron chi connectivity index (χ1n) is 7.54. The first-order chi connectivity index (χ1) is 10.7. The molecule has 1 heterocycles. The third kappa shape index (κ3) is 2.93. The quantitative estimate of drug-likeness (QED) is 0.789. The van der Waals surface area contributed by atoms with Crippen molar-refractivity contribution in [2.75, 3.05) is 13.6 Å². The number of hydrogen-bond acceptors (Lipinski definition) is 2. The Bertz CT molecular complexity index is 701. The first-order valence-corrected chi connectivity index (χ1v) is 7.54. The average molecular weight is 372 g/mol. The van der Waals surface area contributed by atoms with Crippen molar-refractivity contribution in [3.63, 3.8) is 0 Å². The van der Waals surface area contributed by atoms with E-state index in [2.05, 4.69) is 55.1 Å². The van der Waals surface area contributed by atoms with Crippen molar-refractivity contribution >= 4 is 17.0 Å². The van der Waals surface area contributed by atoms with E-state index in [0.29, 0.717) is 5.75 Å². The van der Waals surface area contributed by atoms with Crippen molar-refractivity contribution < 1.29 is 5.11 Å². The van der Waals surface area contributed by atoms with Crippen molar-refractivity contribution in [2.45, 2.75) is 5.41 Å². The normalized spacial score (nSPS) is 25.7. The topological polar surface area (TPSA) is 23.5 Å². The minimum absolute atomic E-state index is 0. The maximum Gasteiger partial charge on any atom is 0.120 e. The number of phenolic OH excluding ortho intramolecular Hbond substituents is 1. The molecule has 0 bridgehead atoms. The summed E-state index contributed by atoms with van der Waals surface area (Å²) in [4.78, 5) is 2.13. The van der Waals surface area contributed by atoms with Gasteiger partial charge >= 0.3 is 0 Å². The lowest BCUT2D eigenvalue weighted by molar-refractivity contribution is 0.434. The predicted molar refractivity (Wildman–Crippen MR) is 102 cm³/mol. The van der Waals surface area contributed by atoms with Crippen LogP contribution in [0.25, 0.3) is 0 Å². The summed E-state index contributed by atoms with van der Waals surface area (Å²) in [5.41, 5.74) is 1.71. The number of allylic oxidation sites excluding steroid dienone is 7. The molecule has 2 unspecified atom stereocenters. The molecular weight excluding hydrogens is 350 g/mol. The zero-order valence-corrected chi connectivity index (χ0v) is 14.9. The largest absolute Gasteiger partial charge is 0.508 e. The molecule has 1 aromatic carbocycles. The van der Waals surface area contributed by atoms with E-state index in [4.69, 9.17) is 0 Å². The number of halogens is 1. The third-order valence-electron chi connectivity index (χ3n) is 4.50. The summed E-state index contributed by atoms with van der Waals surface area (Å²) in [7, 11) is 2.05. The van der Waals surface area contributed by atoms with Crippen LogP contribution in [0, 0.1) is 5.92 Å². The molecule has 1 aliphatic carbocycles. The zero-order chi connectivity index (χ0) is 15.6. The predicted octanol–water partition coefficient (Wildman–Crippen LogP) is 4.52. The van der Waals surface area contributed by atoms with Crippen LogP contribution in [-0.4, -0.2) is 23.6 Å². The summed E-state index contributed by atoms with van der Waals surface area (Å²) in [6.45, 7) is 4.88. The molecular formula is C20H22BrNO. The molecule has 0 fully saturated rings. The van der Waals surface area contributed by atoms with E-state index < -0.39 is 5.41 Å². The minimum Gasteiger partial charge on any atom is -0.508 e. The Hall–Kier alpha value is -2.00. The van der Waals surface area contributed by atoms with Crippen LogP contribution in [0.1, 0.15) is 5.56 Å². The van der Waals surface area contributed by atoms with Crippen molar-refractivity contribution in [1.82, 2.24) is 4.90 Å². The van der Waals surface area contributed by atoms with Gasteiger partial charge in [-0.3, -0.25) is 0 Å². The van der Waals surface area contributed by atoms with Crippen molar-refractivity contribution in [3.05, 3.63) is 90.7 Å². The smallest absolute Gasteiger partial charge is 0.120 e.